The summed E-state index contributed by atoms with van der Waals surface area (Å²) in [7, 11) is 0. The van der Waals surface area contributed by atoms with E-state index in [1.165, 1.54) is 100 Å². The molecule has 1 rings (SSSR count). The summed E-state index contributed by atoms with van der Waals surface area (Å²) in [6.45, 7) is 6.75. The lowest BCUT2D eigenvalue weighted by Crippen LogP contribution is -2.12. The molecule has 0 aliphatic heterocycles. The van der Waals surface area contributed by atoms with Crippen LogP contribution in [0.25, 0.3) is 0 Å². The Hall–Kier alpha value is -1.08. The van der Waals surface area contributed by atoms with Crippen LogP contribution in [0.2, 0.25) is 0 Å². The van der Waals surface area contributed by atoms with Crippen molar-refractivity contribution in [2.45, 2.75) is 110 Å². The largest absolute Gasteiger partial charge is 0.321 e. The van der Waals surface area contributed by atoms with E-state index >= 15 is 0 Å². The first-order valence-corrected chi connectivity index (χ1v) is 11.1. The van der Waals surface area contributed by atoms with E-state index in [0.29, 0.717) is 0 Å². The second-order valence-corrected chi connectivity index (χ2v) is 7.99. The number of hydrogen-bond donors (Lipinski definition) is 1. The summed E-state index contributed by atoms with van der Waals surface area (Å²) in [5.41, 5.74) is 10.5. The number of nitrogens with two attached hydrogens (primary N) is 1. The Bertz CT molecular complexity index is 474. The third-order valence-electron chi connectivity index (χ3n) is 5.70. The standard InChI is InChI=1S/C25H43N/c1-4-5-6-7-8-9-10-11-12-13-14-16-19-22(2)23(3)25(26)24-20-17-15-18-21-24/h15,17-18,20-21,25H,4-14,16,19,26H2,1-3H3. The first-order valence-electron chi connectivity index (χ1n) is 11.1. The van der Waals surface area contributed by atoms with Gasteiger partial charge in [-0.05, 0) is 32.3 Å². The number of rotatable bonds is 15. The molecule has 2 N–H and O–H groups in total. The molecule has 0 heterocycles. The maximum Gasteiger partial charge on any atom is 0.0510 e. The minimum absolute atomic E-state index is 0.0496. The highest BCUT2D eigenvalue weighted by atomic mass is 14.6. The van der Waals surface area contributed by atoms with Crippen molar-refractivity contribution in [3.63, 3.8) is 0 Å². The van der Waals surface area contributed by atoms with Crippen LogP contribution < -0.4 is 5.73 Å². The average molecular weight is 358 g/mol. The first kappa shape index (κ1) is 23.0. The number of hydrogen-bond acceptors (Lipinski definition) is 1. The molecule has 148 valence electrons. The van der Waals surface area contributed by atoms with Crippen molar-refractivity contribution >= 4 is 0 Å². The second-order valence-electron chi connectivity index (χ2n) is 7.99. The molecular weight excluding hydrogens is 314 g/mol. The molecule has 0 fully saturated rings. The van der Waals surface area contributed by atoms with E-state index in [0.717, 1.165) is 0 Å². The van der Waals surface area contributed by atoms with Gasteiger partial charge in [0.25, 0.3) is 0 Å². The normalized spacial score (nSPS) is 13.5. The van der Waals surface area contributed by atoms with Crippen LogP contribution in [-0.4, -0.2) is 0 Å². The predicted octanol–water partition coefficient (Wildman–Crippen LogP) is 8.11. The Balaban J connectivity index is 2.06. The van der Waals surface area contributed by atoms with Crippen LogP contribution in [0, 0.1) is 0 Å². The first-order chi connectivity index (χ1) is 12.7. The highest BCUT2D eigenvalue weighted by molar-refractivity contribution is 5.28. The molecule has 1 nitrogen and oxygen atoms in total. The van der Waals surface area contributed by atoms with Gasteiger partial charge in [-0.25, -0.2) is 0 Å². The summed E-state index contributed by atoms with van der Waals surface area (Å²) in [4.78, 5) is 0. The van der Waals surface area contributed by atoms with E-state index in [4.69, 9.17) is 5.73 Å². The Kier molecular flexibility index (Phi) is 13.3. The number of unbranched alkanes of at least 4 members (excludes halogenated alkanes) is 11. The molecule has 0 saturated heterocycles. The van der Waals surface area contributed by atoms with Gasteiger partial charge >= 0.3 is 0 Å². The lowest BCUT2D eigenvalue weighted by Gasteiger charge is -2.16. The van der Waals surface area contributed by atoms with Crippen molar-refractivity contribution < 1.29 is 0 Å². The summed E-state index contributed by atoms with van der Waals surface area (Å²) >= 11 is 0. The molecular formula is C25H43N. The molecule has 0 aliphatic carbocycles. The lowest BCUT2D eigenvalue weighted by atomic mass is 9.94. The fourth-order valence-electron chi connectivity index (χ4n) is 3.60. The number of benzene rings is 1. The maximum absolute atomic E-state index is 6.42. The topological polar surface area (TPSA) is 26.0 Å². The summed E-state index contributed by atoms with van der Waals surface area (Å²) in [6, 6.07) is 10.5. The summed E-state index contributed by atoms with van der Waals surface area (Å²) in [5, 5.41) is 0. The van der Waals surface area contributed by atoms with E-state index < -0.39 is 0 Å². The van der Waals surface area contributed by atoms with Crippen molar-refractivity contribution in [1.29, 1.82) is 0 Å². The van der Waals surface area contributed by atoms with Crippen molar-refractivity contribution in [3.8, 4) is 0 Å². The maximum atomic E-state index is 6.42. The van der Waals surface area contributed by atoms with Gasteiger partial charge in [-0.3, -0.25) is 0 Å². The van der Waals surface area contributed by atoms with Gasteiger partial charge in [-0.1, -0.05) is 119 Å². The van der Waals surface area contributed by atoms with Crippen LogP contribution in [0.15, 0.2) is 41.5 Å². The van der Waals surface area contributed by atoms with Gasteiger partial charge in [-0.2, -0.15) is 0 Å². The quantitative estimate of drug-likeness (QED) is 0.249. The van der Waals surface area contributed by atoms with Gasteiger partial charge in [0.1, 0.15) is 0 Å². The molecule has 1 heteroatoms. The molecule has 0 saturated carbocycles. The van der Waals surface area contributed by atoms with Crippen LogP contribution in [0.4, 0.5) is 0 Å². The van der Waals surface area contributed by atoms with Crippen molar-refractivity contribution in [2.75, 3.05) is 0 Å². The van der Waals surface area contributed by atoms with E-state index in [-0.39, 0.29) is 6.04 Å². The minimum Gasteiger partial charge on any atom is -0.321 e. The summed E-state index contributed by atoms with van der Waals surface area (Å²) in [5.74, 6) is 0. The van der Waals surface area contributed by atoms with Gasteiger partial charge in [0.15, 0.2) is 0 Å². The molecule has 1 aromatic carbocycles. The average Bonchev–Trinajstić information content (AvgIpc) is 2.68. The molecule has 0 aliphatic rings. The van der Waals surface area contributed by atoms with Crippen molar-refractivity contribution in [1.82, 2.24) is 0 Å². The monoisotopic (exact) mass is 357 g/mol. The fourth-order valence-corrected chi connectivity index (χ4v) is 3.60. The van der Waals surface area contributed by atoms with Gasteiger partial charge in [0.05, 0.1) is 6.04 Å². The summed E-state index contributed by atoms with van der Waals surface area (Å²) < 4.78 is 0. The lowest BCUT2D eigenvalue weighted by molar-refractivity contribution is 0.543. The SMILES string of the molecule is CCCCCCCCCCCCCCC(C)=C(C)C(N)c1ccccc1. The Morgan fingerprint density at radius 3 is 1.69 bits per heavy atom. The zero-order chi connectivity index (χ0) is 19.0. The molecule has 0 radical (unpaired) electrons. The van der Waals surface area contributed by atoms with Crippen LogP contribution in [0.1, 0.15) is 116 Å². The zero-order valence-electron chi connectivity index (χ0n) is 17.7. The smallest absolute Gasteiger partial charge is 0.0510 e. The van der Waals surface area contributed by atoms with Crippen LogP contribution in [0.3, 0.4) is 0 Å². The summed E-state index contributed by atoms with van der Waals surface area (Å²) in [6.07, 6.45) is 18.1. The molecule has 0 spiro atoms. The second kappa shape index (κ2) is 15.0. The third kappa shape index (κ3) is 10.2. The Labute approximate surface area is 163 Å². The van der Waals surface area contributed by atoms with E-state index in [1.54, 1.807) is 0 Å². The molecule has 0 aromatic heterocycles. The molecule has 1 aromatic rings. The molecule has 1 atom stereocenters. The predicted molar refractivity (Wildman–Crippen MR) is 117 cm³/mol. The highest BCUT2D eigenvalue weighted by Crippen LogP contribution is 2.24. The van der Waals surface area contributed by atoms with Gasteiger partial charge < -0.3 is 5.73 Å². The molecule has 26 heavy (non-hydrogen) atoms. The van der Waals surface area contributed by atoms with E-state index in [2.05, 4.69) is 51.1 Å². The van der Waals surface area contributed by atoms with Crippen molar-refractivity contribution in [2.24, 2.45) is 5.73 Å². The van der Waals surface area contributed by atoms with Crippen LogP contribution >= 0.6 is 0 Å². The Morgan fingerprint density at radius 1 is 0.731 bits per heavy atom. The zero-order valence-corrected chi connectivity index (χ0v) is 17.7. The van der Waals surface area contributed by atoms with Crippen LogP contribution in [-0.2, 0) is 0 Å². The molecule has 1 unspecified atom stereocenters. The van der Waals surface area contributed by atoms with Crippen LogP contribution in [0.5, 0.6) is 0 Å². The Morgan fingerprint density at radius 2 is 1.19 bits per heavy atom. The van der Waals surface area contributed by atoms with Gasteiger partial charge in [-0.15, -0.1) is 0 Å². The van der Waals surface area contributed by atoms with Crippen molar-refractivity contribution in [3.05, 3.63) is 47.0 Å². The highest BCUT2D eigenvalue weighted by Gasteiger charge is 2.09. The number of allylic oxidation sites excluding steroid dienone is 1. The third-order valence-corrected chi connectivity index (χ3v) is 5.70. The molecule has 0 amide bonds. The fraction of sp³-hybridized carbons (Fsp3) is 0.680. The van der Waals surface area contributed by atoms with Gasteiger partial charge in [0, 0.05) is 0 Å². The molecule has 0 bridgehead atoms. The van der Waals surface area contributed by atoms with E-state index in [1.807, 2.05) is 0 Å². The minimum atomic E-state index is 0.0496. The van der Waals surface area contributed by atoms with E-state index in [9.17, 15) is 0 Å². The van der Waals surface area contributed by atoms with Gasteiger partial charge in [0.2, 0.25) is 0 Å².